The number of rotatable bonds is 3. The summed E-state index contributed by atoms with van der Waals surface area (Å²) in [6, 6.07) is 20.1. The predicted molar refractivity (Wildman–Crippen MR) is 85.1 cm³/mol. The molecular formula is C19H23N. The maximum Gasteiger partial charge on any atom is 0.0119 e. The van der Waals surface area contributed by atoms with Gasteiger partial charge in [0.2, 0.25) is 0 Å². The lowest BCUT2D eigenvalue weighted by molar-refractivity contribution is 0.342. The van der Waals surface area contributed by atoms with Crippen molar-refractivity contribution in [3.05, 3.63) is 71.3 Å². The van der Waals surface area contributed by atoms with Crippen molar-refractivity contribution in [3.8, 4) is 0 Å². The molecule has 0 saturated carbocycles. The minimum absolute atomic E-state index is 0.541. The Kier molecular flexibility index (Phi) is 4.17. The molecule has 2 aromatic carbocycles. The zero-order chi connectivity index (χ0) is 13.8. The maximum atomic E-state index is 3.48. The lowest BCUT2D eigenvalue weighted by atomic mass is 9.76. The van der Waals surface area contributed by atoms with Gasteiger partial charge in [-0.25, -0.2) is 0 Å². The van der Waals surface area contributed by atoms with Gasteiger partial charge in [0.05, 0.1) is 0 Å². The number of hydrogen-bond acceptors (Lipinski definition) is 1. The average molecular weight is 265 g/mol. The molecule has 0 bridgehead atoms. The van der Waals surface area contributed by atoms with Gasteiger partial charge in [0.1, 0.15) is 0 Å². The summed E-state index contributed by atoms with van der Waals surface area (Å²) in [4.78, 5) is 0. The van der Waals surface area contributed by atoms with Crippen molar-refractivity contribution < 1.29 is 0 Å². The minimum Gasteiger partial charge on any atom is -0.317 e. The monoisotopic (exact) mass is 265 g/mol. The van der Waals surface area contributed by atoms with Crippen LogP contribution in [0.5, 0.6) is 0 Å². The van der Waals surface area contributed by atoms with E-state index in [4.69, 9.17) is 0 Å². The van der Waals surface area contributed by atoms with E-state index in [9.17, 15) is 0 Å². The first-order valence-electron chi connectivity index (χ1n) is 7.67. The number of hydrogen-bond donors (Lipinski definition) is 1. The van der Waals surface area contributed by atoms with E-state index in [-0.39, 0.29) is 0 Å². The molecule has 0 amide bonds. The van der Waals surface area contributed by atoms with Gasteiger partial charge in [0.15, 0.2) is 0 Å². The van der Waals surface area contributed by atoms with Gasteiger partial charge in [-0.3, -0.25) is 0 Å². The van der Waals surface area contributed by atoms with Crippen molar-refractivity contribution in [2.75, 3.05) is 13.1 Å². The van der Waals surface area contributed by atoms with Crippen molar-refractivity contribution in [3.63, 3.8) is 0 Å². The highest BCUT2D eigenvalue weighted by atomic mass is 14.9. The zero-order valence-electron chi connectivity index (χ0n) is 12.2. The van der Waals surface area contributed by atoms with E-state index in [0.717, 1.165) is 19.0 Å². The Morgan fingerprint density at radius 3 is 2.10 bits per heavy atom. The molecule has 1 nitrogen and oxygen atoms in total. The molecule has 1 saturated heterocycles. The summed E-state index contributed by atoms with van der Waals surface area (Å²) in [5, 5.41) is 3.48. The molecule has 0 aromatic heterocycles. The van der Waals surface area contributed by atoms with E-state index in [2.05, 4.69) is 66.8 Å². The summed E-state index contributed by atoms with van der Waals surface area (Å²) >= 11 is 0. The van der Waals surface area contributed by atoms with Gasteiger partial charge < -0.3 is 5.32 Å². The van der Waals surface area contributed by atoms with Crippen LogP contribution in [0.2, 0.25) is 0 Å². The summed E-state index contributed by atoms with van der Waals surface area (Å²) in [5.74, 6) is 1.29. The highest BCUT2D eigenvalue weighted by Crippen LogP contribution is 2.36. The second-order valence-electron chi connectivity index (χ2n) is 5.89. The quantitative estimate of drug-likeness (QED) is 0.880. The van der Waals surface area contributed by atoms with E-state index < -0.39 is 0 Å². The van der Waals surface area contributed by atoms with Crippen LogP contribution < -0.4 is 5.32 Å². The summed E-state index contributed by atoms with van der Waals surface area (Å²) in [6.45, 7) is 4.46. The van der Waals surface area contributed by atoms with Crippen molar-refractivity contribution in [2.45, 2.75) is 25.7 Å². The Balaban J connectivity index is 1.96. The van der Waals surface area contributed by atoms with Gasteiger partial charge in [0, 0.05) is 5.92 Å². The average Bonchev–Trinajstić information content (AvgIpc) is 2.52. The fraction of sp³-hybridized carbons (Fsp3) is 0.368. The topological polar surface area (TPSA) is 12.0 Å². The van der Waals surface area contributed by atoms with Gasteiger partial charge in [-0.1, -0.05) is 60.2 Å². The lowest BCUT2D eigenvalue weighted by Gasteiger charge is -2.31. The summed E-state index contributed by atoms with van der Waals surface area (Å²) in [7, 11) is 0. The van der Waals surface area contributed by atoms with Crippen LogP contribution >= 0.6 is 0 Å². The van der Waals surface area contributed by atoms with Gasteiger partial charge in [-0.15, -0.1) is 0 Å². The normalized spacial score (nSPS) is 17.9. The molecule has 2 aromatic rings. The van der Waals surface area contributed by atoms with Gasteiger partial charge >= 0.3 is 0 Å². The third kappa shape index (κ3) is 2.94. The smallest absolute Gasteiger partial charge is 0.0119 e. The van der Waals surface area contributed by atoms with E-state index >= 15 is 0 Å². The highest BCUT2D eigenvalue weighted by molar-refractivity contribution is 5.35. The number of piperidine rings is 1. The van der Waals surface area contributed by atoms with Crippen LogP contribution in [0.1, 0.15) is 35.4 Å². The summed E-state index contributed by atoms with van der Waals surface area (Å²) < 4.78 is 0. The Bertz CT molecular complexity index is 523. The molecule has 0 aliphatic carbocycles. The second-order valence-corrected chi connectivity index (χ2v) is 5.89. The second kappa shape index (κ2) is 6.23. The SMILES string of the molecule is Cc1ccc(C(c2ccccc2)C2CCNCC2)cc1. The molecule has 0 spiro atoms. The Hall–Kier alpha value is -1.60. The van der Waals surface area contributed by atoms with Crippen LogP contribution in [0.3, 0.4) is 0 Å². The van der Waals surface area contributed by atoms with E-state index in [0.29, 0.717) is 5.92 Å². The zero-order valence-corrected chi connectivity index (χ0v) is 12.2. The van der Waals surface area contributed by atoms with Crippen LogP contribution in [0.15, 0.2) is 54.6 Å². The standard InChI is InChI=1S/C19H23N/c1-15-7-9-17(10-8-15)19(16-5-3-2-4-6-16)18-11-13-20-14-12-18/h2-10,18-20H,11-14H2,1H3. The maximum absolute atomic E-state index is 3.48. The number of aryl methyl sites for hydroxylation is 1. The molecule has 1 aliphatic rings. The molecule has 1 atom stereocenters. The van der Waals surface area contributed by atoms with Crippen LogP contribution in [0, 0.1) is 12.8 Å². The predicted octanol–water partition coefficient (Wildman–Crippen LogP) is 4.13. The lowest BCUT2D eigenvalue weighted by Crippen LogP contribution is -2.31. The fourth-order valence-corrected chi connectivity index (χ4v) is 3.35. The van der Waals surface area contributed by atoms with Crippen LogP contribution in [0.25, 0.3) is 0 Å². The first-order chi connectivity index (χ1) is 9.84. The first kappa shape index (κ1) is 13.4. The van der Waals surface area contributed by atoms with E-state index in [1.54, 1.807) is 0 Å². The van der Waals surface area contributed by atoms with E-state index in [1.165, 1.54) is 29.5 Å². The molecule has 1 aliphatic heterocycles. The van der Waals surface area contributed by atoms with Crippen molar-refractivity contribution in [1.29, 1.82) is 0 Å². The molecule has 104 valence electrons. The Morgan fingerprint density at radius 2 is 1.45 bits per heavy atom. The summed E-state index contributed by atoms with van der Waals surface area (Å²) in [5.41, 5.74) is 4.27. The molecular weight excluding hydrogens is 242 g/mol. The third-order valence-corrected chi connectivity index (χ3v) is 4.45. The Morgan fingerprint density at radius 1 is 0.850 bits per heavy atom. The van der Waals surface area contributed by atoms with Crippen molar-refractivity contribution in [2.24, 2.45) is 5.92 Å². The molecule has 0 radical (unpaired) electrons. The van der Waals surface area contributed by atoms with Crippen LogP contribution in [0.4, 0.5) is 0 Å². The first-order valence-corrected chi connectivity index (χ1v) is 7.67. The van der Waals surface area contributed by atoms with Crippen molar-refractivity contribution in [1.82, 2.24) is 5.32 Å². The largest absolute Gasteiger partial charge is 0.317 e. The van der Waals surface area contributed by atoms with Crippen molar-refractivity contribution >= 4 is 0 Å². The van der Waals surface area contributed by atoms with Gasteiger partial charge in [-0.2, -0.15) is 0 Å². The minimum atomic E-state index is 0.541. The number of benzene rings is 2. The molecule has 1 heterocycles. The van der Waals surface area contributed by atoms with Crippen LogP contribution in [-0.2, 0) is 0 Å². The summed E-state index contributed by atoms with van der Waals surface area (Å²) in [6.07, 6.45) is 2.54. The number of nitrogens with one attached hydrogen (secondary N) is 1. The molecule has 1 fully saturated rings. The van der Waals surface area contributed by atoms with Gasteiger partial charge in [-0.05, 0) is 49.9 Å². The highest BCUT2D eigenvalue weighted by Gasteiger charge is 2.26. The molecule has 1 heteroatoms. The van der Waals surface area contributed by atoms with Gasteiger partial charge in [0.25, 0.3) is 0 Å². The molecule has 20 heavy (non-hydrogen) atoms. The third-order valence-electron chi connectivity index (χ3n) is 4.45. The van der Waals surface area contributed by atoms with Crippen LogP contribution in [-0.4, -0.2) is 13.1 Å². The Labute approximate surface area is 122 Å². The molecule has 3 rings (SSSR count). The molecule has 1 N–H and O–H groups in total. The fourth-order valence-electron chi connectivity index (χ4n) is 3.35. The van der Waals surface area contributed by atoms with E-state index in [1.807, 2.05) is 0 Å². The molecule has 1 unspecified atom stereocenters.